The van der Waals surface area contributed by atoms with E-state index in [9.17, 15) is 18.8 Å². The molecule has 0 amide bonds. The van der Waals surface area contributed by atoms with Crippen molar-refractivity contribution in [1.29, 1.82) is 0 Å². The first-order valence-electron chi connectivity index (χ1n) is 13.4. The minimum Gasteiger partial charge on any atom is -0.426 e. The minimum atomic E-state index is -1.30. The van der Waals surface area contributed by atoms with Crippen molar-refractivity contribution < 1.29 is 33.0 Å². The van der Waals surface area contributed by atoms with Gasteiger partial charge in [-0.25, -0.2) is 4.79 Å². The van der Waals surface area contributed by atoms with Crippen LogP contribution in [0, 0.1) is 23.7 Å². The second kappa shape index (κ2) is 13.6. The molecule has 1 aromatic rings. The Bertz CT molecular complexity index is 926. The third kappa shape index (κ3) is 7.90. The average Bonchev–Trinajstić information content (AvgIpc) is 2.86. The summed E-state index contributed by atoms with van der Waals surface area (Å²) in [4.78, 5) is 37.4. The van der Waals surface area contributed by atoms with Crippen LogP contribution in [0.4, 0.5) is 4.39 Å². The molecule has 2 aliphatic carbocycles. The fourth-order valence-electron chi connectivity index (χ4n) is 5.45. The Balaban J connectivity index is 1.66. The maximum absolute atomic E-state index is 13.3. The molecule has 0 bridgehead atoms. The molecule has 0 heterocycles. The monoisotopic (exact) mass is 502 g/mol. The number of carbonyl (C=O) groups excluding carboxylic acids is 3. The molecule has 0 radical (unpaired) electrons. The number of rotatable bonds is 10. The average molecular weight is 503 g/mol. The lowest BCUT2D eigenvalue weighted by Crippen LogP contribution is -2.26. The van der Waals surface area contributed by atoms with Crippen LogP contribution in [0.2, 0.25) is 0 Å². The molecule has 6 nitrogen and oxygen atoms in total. The van der Waals surface area contributed by atoms with E-state index in [-0.39, 0.29) is 35.1 Å². The number of ether oxygens (including phenoxy) is 3. The molecule has 0 unspecified atom stereocenters. The lowest BCUT2D eigenvalue weighted by atomic mass is 9.80. The lowest BCUT2D eigenvalue weighted by Gasteiger charge is -2.27. The van der Waals surface area contributed by atoms with Crippen LogP contribution in [0.5, 0.6) is 17.2 Å². The quantitative estimate of drug-likeness (QED) is 0.193. The SMILES string of the molecule is C=C(F)C(=O)Oc1cc(OC(=O)C2CCC(CCC)CC2)ccc1OC(=O)C1CCC(CCC)CC1. The smallest absolute Gasteiger partial charge is 0.372 e. The van der Waals surface area contributed by atoms with Crippen LogP contribution in [0.25, 0.3) is 0 Å². The van der Waals surface area contributed by atoms with E-state index in [4.69, 9.17) is 14.2 Å². The van der Waals surface area contributed by atoms with Gasteiger partial charge in [-0.15, -0.1) is 0 Å². The van der Waals surface area contributed by atoms with Crippen LogP contribution in [0.1, 0.15) is 90.9 Å². The van der Waals surface area contributed by atoms with E-state index in [2.05, 4.69) is 20.4 Å². The Morgan fingerprint density at radius 3 is 1.75 bits per heavy atom. The Hall–Kier alpha value is -2.70. The summed E-state index contributed by atoms with van der Waals surface area (Å²) in [6.07, 6.45) is 11.6. The van der Waals surface area contributed by atoms with Crippen LogP contribution < -0.4 is 14.2 Å². The number of hydrogen-bond donors (Lipinski definition) is 0. The van der Waals surface area contributed by atoms with Gasteiger partial charge >= 0.3 is 17.9 Å². The minimum absolute atomic E-state index is 0.0230. The van der Waals surface area contributed by atoms with Gasteiger partial charge in [-0.05, 0) is 75.3 Å². The molecule has 1 aromatic carbocycles. The van der Waals surface area contributed by atoms with E-state index in [0.717, 1.165) is 70.6 Å². The highest BCUT2D eigenvalue weighted by Crippen LogP contribution is 2.37. The van der Waals surface area contributed by atoms with Gasteiger partial charge < -0.3 is 14.2 Å². The Labute approximate surface area is 213 Å². The summed E-state index contributed by atoms with van der Waals surface area (Å²) in [6, 6.07) is 4.18. The van der Waals surface area contributed by atoms with Gasteiger partial charge in [0.2, 0.25) is 5.83 Å². The Kier molecular flexibility index (Phi) is 10.5. The zero-order valence-corrected chi connectivity index (χ0v) is 21.6. The first kappa shape index (κ1) is 27.9. The van der Waals surface area contributed by atoms with E-state index < -0.39 is 17.8 Å². The van der Waals surface area contributed by atoms with Gasteiger partial charge in [-0.1, -0.05) is 46.1 Å². The fourth-order valence-corrected chi connectivity index (χ4v) is 5.45. The van der Waals surface area contributed by atoms with Crippen LogP contribution in [0.3, 0.4) is 0 Å². The van der Waals surface area contributed by atoms with Gasteiger partial charge in [0, 0.05) is 6.07 Å². The molecule has 36 heavy (non-hydrogen) atoms. The Morgan fingerprint density at radius 2 is 1.28 bits per heavy atom. The number of carbonyl (C=O) groups is 3. The second-order valence-electron chi connectivity index (χ2n) is 10.3. The molecule has 0 aromatic heterocycles. The fraction of sp³-hybridized carbons (Fsp3) is 0.621. The van der Waals surface area contributed by atoms with Crippen molar-refractivity contribution in [3.05, 3.63) is 30.6 Å². The molecular weight excluding hydrogens is 463 g/mol. The number of hydrogen-bond acceptors (Lipinski definition) is 6. The highest BCUT2D eigenvalue weighted by molar-refractivity contribution is 5.88. The summed E-state index contributed by atoms with van der Waals surface area (Å²) in [6.45, 7) is 7.28. The van der Waals surface area contributed by atoms with Crippen molar-refractivity contribution in [3.63, 3.8) is 0 Å². The molecule has 2 aliphatic rings. The molecule has 0 aliphatic heterocycles. The Morgan fingerprint density at radius 1 is 0.778 bits per heavy atom. The summed E-state index contributed by atoms with van der Waals surface area (Å²) < 4.78 is 29.5. The summed E-state index contributed by atoms with van der Waals surface area (Å²) in [7, 11) is 0. The summed E-state index contributed by atoms with van der Waals surface area (Å²) in [5, 5.41) is 0. The van der Waals surface area contributed by atoms with Crippen LogP contribution >= 0.6 is 0 Å². The first-order chi connectivity index (χ1) is 17.3. The third-order valence-corrected chi connectivity index (χ3v) is 7.52. The topological polar surface area (TPSA) is 78.9 Å². The van der Waals surface area contributed by atoms with E-state index in [0.29, 0.717) is 11.8 Å². The van der Waals surface area contributed by atoms with E-state index in [1.165, 1.54) is 24.6 Å². The third-order valence-electron chi connectivity index (χ3n) is 7.52. The predicted molar refractivity (Wildman–Crippen MR) is 134 cm³/mol. The number of benzene rings is 1. The molecule has 2 saturated carbocycles. The van der Waals surface area contributed by atoms with Crippen molar-refractivity contribution >= 4 is 17.9 Å². The first-order valence-corrected chi connectivity index (χ1v) is 13.4. The lowest BCUT2D eigenvalue weighted by molar-refractivity contribution is -0.141. The van der Waals surface area contributed by atoms with Gasteiger partial charge in [0.15, 0.2) is 11.5 Å². The normalized spacial score (nSPS) is 24.0. The summed E-state index contributed by atoms with van der Waals surface area (Å²) in [5.74, 6) is -2.53. The van der Waals surface area contributed by atoms with E-state index in [1.807, 2.05) is 0 Å². The van der Waals surface area contributed by atoms with Crippen molar-refractivity contribution in [2.45, 2.75) is 90.9 Å². The maximum Gasteiger partial charge on any atom is 0.372 e. The van der Waals surface area contributed by atoms with Gasteiger partial charge in [0.1, 0.15) is 5.75 Å². The zero-order valence-electron chi connectivity index (χ0n) is 21.6. The van der Waals surface area contributed by atoms with Crippen molar-refractivity contribution in [1.82, 2.24) is 0 Å². The molecule has 3 rings (SSSR count). The highest BCUT2D eigenvalue weighted by Gasteiger charge is 2.30. The molecule has 0 N–H and O–H groups in total. The molecule has 198 valence electrons. The molecule has 0 spiro atoms. The predicted octanol–water partition coefficient (Wildman–Crippen LogP) is 7.10. The molecular formula is C29H39FO6. The zero-order chi connectivity index (χ0) is 26.1. The largest absolute Gasteiger partial charge is 0.426 e. The van der Waals surface area contributed by atoms with Gasteiger partial charge in [0.25, 0.3) is 0 Å². The second-order valence-corrected chi connectivity index (χ2v) is 10.3. The number of esters is 3. The van der Waals surface area contributed by atoms with Crippen LogP contribution in [0.15, 0.2) is 30.6 Å². The van der Waals surface area contributed by atoms with E-state index >= 15 is 0 Å². The van der Waals surface area contributed by atoms with Gasteiger partial charge in [-0.2, -0.15) is 4.39 Å². The molecule has 0 atom stereocenters. The van der Waals surface area contributed by atoms with Crippen molar-refractivity contribution in [3.8, 4) is 17.2 Å². The number of halogens is 1. The molecule has 7 heteroatoms. The van der Waals surface area contributed by atoms with Crippen LogP contribution in [-0.4, -0.2) is 17.9 Å². The highest BCUT2D eigenvalue weighted by atomic mass is 19.1. The van der Waals surface area contributed by atoms with Gasteiger partial charge in [-0.3, -0.25) is 9.59 Å². The van der Waals surface area contributed by atoms with E-state index in [1.54, 1.807) is 0 Å². The maximum atomic E-state index is 13.3. The van der Waals surface area contributed by atoms with Crippen molar-refractivity contribution in [2.75, 3.05) is 0 Å². The summed E-state index contributed by atoms with van der Waals surface area (Å²) >= 11 is 0. The standard InChI is InChI=1S/C29H39FO6/c1-4-6-20-8-12-22(13-9-20)28(32)34-24-16-17-25(26(18-24)36-27(31)19(3)30)35-29(33)23-14-10-21(7-5-2)11-15-23/h16-18,20-23H,3-15H2,1-2H3. The molecule has 2 fully saturated rings. The van der Waals surface area contributed by atoms with Gasteiger partial charge in [0.05, 0.1) is 11.8 Å². The summed E-state index contributed by atoms with van der Waals surface area (Å²) in [5.41, 5.74) is 0. The van der Waals surface area contributed by atoms with Crippen LogP contribution in [-0.2, 0) is 14.4 Å². The van der Waals surface area contributed by atoms with Crippen molar-refractivity contribution in [2.24, 2.45) is 23.7 Å². The molecule has 0 saturated heterocycles.